The molecule has 1 aromatic heterocycles. The number of nitrogens with one attached hydrogen (secondary N) is 2. The number of amides is 1. The number of nitrogens with two attached hydrogens (primary N) is 1. The number of aromatic amines is 1. The lowest BCUT2D eigenvalue weighted by molar-refractivity contribution is -0.118. The van der Waals surface area contributed by atoms with E-state index in [1.165, 1.54) is 12.1 Å². The Morgan fingerprint density at radius 3 is 2.77 bits per heavy atom. The minimum Gasteiger partial charge on any atom is -0.370 e. The average molecular weight is 481 g/mol. The number of allylic oxidation sites excluding steroid dienone is 1. The summed E-state index contributed by atoms with van der Waals surface area (Å²) in [5, 5.41) is 1.25. The summed E-state index contributed by atoms with van der Waals surface area (Å²) < 4.78 is 5.54. The van der Waals surface area contributed by atoms with Gasteiger partial charge in [-0.25, -0.2) is 4.31 Å². The van der Waals surface area contributed by atoms with E-state index in [1.54, 1.807) is 12.3 Å². The smallest absolute Gasteiger partial charge is 0.248 e. The SMILES string of the molecule is CC/C(CCCC(N)=O)=C(/Cl)c1c(Cl)cc2c(c1C)NSN(Cc1cc[nH]c(=O)c1)C2. The fraction of sp³-hybridized carbons (Fsp3) is 0.364. The van der Waals surface area contributed by atoms with Crippen molar-refractivity contribution in [3.05, 3.63) is 67.6 Å². The molecule has 9 heteroatoms. The number of fused-ring (bicyclic) bond motifs is 1. The van der Waals surface area contributed by atoms with Crippen LogP contribution in [-0.4, -0.2) is 15.2 Å². The first-order valence-electron chi connectivity index (χ1n) is 10.1. The summed E-state index contributed by atoms with van der Waals surface area (Å²) in [6.45, 7) is 5.37. The van der Waals surface area contributed by atoms with Gasteiger partial charge in [0.1, 0.15) is 0 Å². The number of nitrogens with zero attached hydrogens (tertiary/aromatic N) is 1. The molecule has 6 nitrogen and oxygen atoms in total. The standard InChI is InChI=1S/C22H26Cl2N4O2S/c1-3-15(5-4-6-18(25)29)21(24)20-13(2)22-16(10-17(20)23)12-28(31-27-22)11-14-7-8-26-19(30)9-14/h7-10,27H,3-6,11-12H2,1-2H3,(H2,25,29)(H,26,30)/b21-15-. The average Bonchev–Trinajstić information content (AvgIpc) is 2.70. The van der Waals surface area contributed by atoms with Crippen LogP contribution in [0.25, 0.3) is 5.03 Å². The first-order valence-corrected chi connectivity index (χ1v) is 11.7. The van der Waals surface area contributed by atoms with Crippen molar-refractivity contribution < 1.29 is 4.79 Å². The lowest BCUT2D eigenvalue weighted by Gasteiger charge is -2.30. The first-order chi connectivity index (χ1) is 14.8. The number of hydrogen-bond acceptors (Lipinski definition) is 5. The predicted molar refractivity (Wildman–Crippen MR) is 130 cm³/mol. The Hall–Kier alpha value is -1.93. The van der Waals surface area contributed by atoms with Crippen molar-refractivity contribution >= 4 is 52.0 Å². The van der Waals surface area contributed by atoms with E-state index >= 15 is 0 Å². The molecule has 2 aromatic rings. The second-order valence-corrected chi connectivity index (χ2v) is 9.22. The molecule has 0 saturated carbocycles. The summed E-state index contributed by atoms with van der Waals surface area (Å²) in [7, 11) is 0. The molecule has 0 fully saturated rings. The molecule has 1 aliphatic rings. The zero-order chi connectivity index (χ0) is 22.5. The van der Waals surface area contributed by atoms with E-state index in [0.29, 0.717) is 42.4 Å². The van der Waals surface area contributed by atoms with Crippen LogP contribution in [0, 0.1) is 6.92 Å². The summed E-state index contributed by atoms with van der Waals surface area (Å²) in [5.41, 5.74) is 11.1. The maximum atomic E-state index is 11.5. The molecule has 1 aromatic carbocycles. The second-order valence-electron chi connectivity index (χ2n) is 7.54. The van der Waals surface area contributed by atoms with E-state index in [2.05, 4.69) is 14.0 Å². The Morgan fingerprint density at radius 2 is 2.10 bits per heavy atom. The topological polar surface area (TPSA) is 91.2 Å². The second kappa shape index (κ2) is 10.6. The zero-order valence-electron chi connectivity index (χ0n) is 17.6. The van der Waals surface area contributed by atoms with Crippen molar-refractivity contribution in [3.8, 4) is 0 Å². The molecule has 1 aliphatic heterocycles. The van der Waals surface area contributed by atoms with Gasteiger partial charge in [-0.1, -0.05) is 35.7 Å². The van der Waals surface area contributed by atoms with Crippen LogP contribution in [0.15, 0.2) is 34.8 Å². The van der Waals surface area contributed by atoms with E-state index < -0.39 is 0 Å². The van der Waals surface area contributed by atoms with Crippen LogP contribution in [-0.2, 0) is 17.9 Å². The molecule has 2 heterocycles. The number of pyridine rings is 1. The molecule has 0 unspecified atom stereocenters. The highest BCUT2D eigenvalue weighted by molar-refractivity contribution is 7.98. The van der Waals surface area contributed by atoms with Crippen molar-refractivity contribution in [3.63, 3.8) is 0 Å². The molecule has 0 spiro atoms. The van der Waals surface area contributed by atoms with Gasteiger partial charge in [-0.05, 0) is 55.0 Å². The van der Waals surface area contributed by atoms with Gasteiger partial charge in [-0.2, -0.15) is 0 Å². The van der Waals surface area contributed by atoms with E-state index in [4.69, 9.17) is 28.9 Å². The van der Waals surface area contributed by atoms with Crippen molar-refractivity contribution in [2.24, 2.45) is 5.73 Å². The number of rotatable bonds is 8. The van der Waals surface area contributed by atoms with Gasteiger partial charge in [0.15, 0.2) is 0 Å². The summed E-state index contributed by atoms with van der Waals surface area (Å²) in [5.74, 6) is -0.305. The maximum absolute atomic E-state index is 11.5. The van der Waals surface area contributed by atoms with Crippen molar-refractivity contribution in [2.45, 2.75) is 52.6 Å². The molecule has 3 rings (SSSR count). The van der Waals surface area contributed by atoms with E-state index in [0.717, 1.165) is 39.9 Å². The minimum atomic E-state index is -0.305. The Balaban J connectivity index is 1.84. The van der Waals surface area contributed by atoms with Crippen LogP contribution in [0.1, 0.15) is 54.9 Å². The number of halogens is 2. The van der Waals surface area contributed by atoms with Gasteiger partial charge in [0, 0.05) is 54.5 Å². The number of benzene rings is 1. The van der Waals surface area contributed by atoms with Gasteiger partial charge >= 0.3 is 0 Å². The van der Waals surface area contributed by atoms with Crippen LogP contribution >= 0.6 is 35.3 Å². The fourth-order valence-corrected chi connectivity index (χ4v) is 5.49. The van der Waals surface area contributed by atoms with Gasteiger partial charge in [-0.15, -0.1) is 0 Å². The summed E-state index contributed by atoms with van der Waals surface area (Å²) in [6.07, 6.45) is 4.14. The molecular weight excluding hydrogens is 455 g/mol. The van der Waals surface area contributed by atoms with Crippen LogP contribution in [0.5, 0.6) is 0 Å². The molecule has 0 saturated heterocycles. The minimum absolute atomic E-state index is 0.111. The highest BCUT2D eigenvalue weighted by Crippen LogP contribution is 2.43. The Morgan fingerprint density at radius 1 is 1.32 bits per heavy atom. The molecule has 0 radical (unpaired) electrons. The molecule has 0 aliphatic carbocycles. The Kier molecular flexibility index (Phi) is 8.11. The van der Waals surface area contributed by atoms with Crippen LogP contribution in [0.3, 0.4) is 0 Å². The highest BCUT2D eigenvalue weighted by Gasteiger charge is 2.24. The molecule has 0 bridgehead atoms. The van der Waals surface area contributed by atoms with Gasteiger partial charge in [0.2, 0.25) is 11.5 Å². The van der Waals surface area contributed by atoms with E-state index in [-0.39, 0.29) is 11.5 Å². The lowest BCUT2D eigenvalue weighted by Crippen LogP contribution is -2.23. The first kappa shape index (κ1) is 23.7. The number of carbonyl (C=O) groups excluding carboxylic acids is 1. The molecule has 1 amide bonds. The maximum Gasteiger partial charge on any atom is 0.248 e. The van der Waals surface area contributed by atoms with Crippen molar-refractivity contribution in [2.75, 3.05) is 4.72 Å². The van der Waals surface area contributed by atoms with Gasteiger partial charge < -0.3 is 15.4 Å². The van der Waals surface area contributed by atoms with Crippen LogP contribution < -0.4 is 16.0 Å². The number of anilines is 1. The van der Waals surface area contributed by atoms with Gasteiger partial charge in [0.25, 0.3) is 0 Å². The Bertz CT molecular complexity index is 1070. The van der Waals surface area contributed by atoms with E-state index in [9.17, 15) is 9.59 Å². The fourth-order valence-electron chi connectivity index (χ4n) is 3.68. The van der Waals surface area contributed by atoms with Crippen molar-refractivity contribution in [1.82, 2.24) is 9.29 Å². The number of primary amides is 1. The molecule has 31 heavy (non-hydrogen) atoms. The lowest BCUT2D eigenvalue weighted by atomic mass is 9.96. The normalized spacial score (nSPS) is 14.6. The molecule has 0 atom stereocenters. The molecule has 166 valence electrons. The van der Waals surface area contributed by atoms with Gasteiger partial charge in [-0.3, -0.25) is 9.59 Å². The number of hydrogen-bond donors (Lipinski definition) is 3. The monoisotopic (exact) mass is 480 g/mol. The van der Waals surface area contributed by atoms with E-state index in [1.807, 2.05) is 26.0 Å². The molecule has 4 N–H and O–H groups in total. The number of aromatic nitrogens is 1. The van der Waals surface area contributed by atoms with Crippen LogP contribution in [0.2, 0.25) is 5.02 Å². The van der Waals surface area contributed by atoms with Crippen molar-refractivity contribution in [1.29, 1.82) is 0 Å². The molecular formula is C22H26Cl2N4O2S. The third-order valence-electron chi connectivity index (χ3n) is 5.29. The van der Waals surface area contributed by atoms with Gasteiger partial charge in [0.05, 0.1) is 10.7 Å². The predicted octanol–water partition coefficient (Wildman–Crippen LogP) is 5.34. The number of H-pyrrole nitrogens is 1. The summed E-state index contributed by atoms with van der Waals surface area (Å²) in [4.78, 5) is 25.2. The summed E-state index contributed by atoms with van der Waals surface area (Å²) >= 11 is 15.0. The third kappa shape index (κ3) is 5.86. The zero-order valence-corrected chi connectivity index (χ0v) is 19.9. The highest BCUT2D eigenvalue weighted by atomic mass is 35.5. The summed E-state index contributed by atoms with van der Waals surface area (Å²) in [6, 6.07) is 5.45. The largest absolute Gasteiger partial charge is 0.370 e. The van der Waals surface area contributed by atoms with Crippen LogP contribution in [0.4, 0.5) is 5.69 Å². The number of carbonyl (C=O) groups is 1. The quantitative estimate of drug-likeness (QED) is 0.443. The Labute approximate surface area is 196 Å². The third-order valence-corrected chi connectivity index (χ3v) is 6.86.